The first-order valence-electron chi connectivity index (χ1n) is 4.85. The van der Waals surface area contributed by atoms with E-state index in [0.717, 1.165) is 17.7 Å². The van der Waals surface area contributed by atoms with Crippen molar-refractivity contribution < 1.29 is 24.2 Å². The quantitative estimate of drug-likeness (QED) is 0.309. The minimum absolute atomic E-state index is 0.208. The van der Waals surface area contributed by atoms with Gasteiger partial charge in [-0.1, -0.05) is 0 Å². The van der Waals surface area contributed by atoms with E-state index in [1.54, 1.807) is 6.26 Å². The zero-order chi connectivity index (χ0) is 12.4. The largest absolute Gasteiger partial charge is 0.501 e. The van der Waals surface area contributed by atoms with Crippen LogP contribution in [0.2, 0.25) is 0 Å². The second-order valence-electron chi connectivity index (χ2n) is 3.26. The third kappa shape index (κ3) is 10.3. The van der Waals surface area contributed by atoms with E-state index in [1.165, 1.54) is 0 Å². The number of carboxylic acids is 1. The lowest BCUT2D eigenvalue weighted by molar-refractivity contribution is -0.139. The number of aliphatic carboxylic acids is 1. The van der Waals surface area contributed by atoms with Crippen LogP contribution >= 0.6 is 0 Å². The molecule has 0 saturated heterocycles. The highest BCUT2D eigenvalue weighted by atomic mass is 16.5. The Kier molecular flexibility index (Phi) is 7.57. The molecule has 0 aromatic carbocycles. The molecule has 0 aliphatic carbocycles. The maximum absolute atomic E-state index is 10.9. The Morgan fingerprint density at radius 1 is 1.19 bits per heavy atom. The van der Waals surface area contributed by atoms with Crippen LogP contribution < -0.4 is 0 Å². The molecule has 0 unspecified atom stereocenters. The summed E-state index contributed by atoms with van der Waals surface area (Å²) in [5.74, 6) is -1.84. The van der Waals surface area contributed by atoms with Crippen molar-refractivity contribution in [3.05, 3.63) is 24.0 Å². The van der Waals surface area contributed by atoms with Crippen LogP contribution in [-0.4, -0.2) is 30.3 Å². The fourth-order valence-corrected chi connectivity index (χ4v) is 0.728. The topological polar surface area (TPSA) is 72.8 Å². The summed E-state index contributed by atoms with van der Waals surface area (Å²) in [6.45, 7) is 4.49. The van der Waals surface area contributed by atoms with Crippen LogP contribution in [0.4, 0.5) is 0 Å². The summed E-state index contributed by atoms with van der Waals surface area (Å²) >= 11 is 0. The highest BCUT2D eigenvalue weighted by Crippen LogP contribution is 1.92. The smallest absolute Gasteiger partial charge is 0.331 e. The summed E-state index contributed by atoms with van der Waals surface area (Å²) in [6, 6.07) is 0. The van der Waals surface area contributed by atoms with Gasteiger partial charge < -0.3 is 14.6 Å². The van der Waals surface area contributed by atoms with Gasteiger partial charge >= 0.3 is 11.9 Å². The van der Waals surface area contributed by atoms with E-state index in [1.807, 2.05) is 13.8 Å². The SMILES string of the molecule is CC(C)=COCCCOC(=O)/C=C\C(=O)O. The van der Waals surface area contributed by atoms with Gasteiger partial charge in [0.2, 0.25) is 0 Å². The highest BCUT2D eigenvalue weighted by Gasteiger charge is 1.97. The number of esters is 1. The van der Waals surface area contributed by atoms with Crippen molar-refractivity contribution in [1.82, 2.24) is 0 Å². The molecule has 0 bridgehead atoms. The van der Waals surface area contributed by atoms with Gasteiger partial charge in [-0.2, -0.15) is 0 Å². The Morgan fingerprint density at radius 2 is 1.88 bits per heavy atom. The summed E-state index contributed by atoms with van der Waals surface area (Å²) < 4.78 is 9.82. The molecule has 0 spiro atoms. The van der Waals surface area contributed by atoms with Gasteiger partial charge in [0, 0.05) is 18.6 Å². The van der Waals surface area contributed by atoms with Crippen molar-refractivity contribution in [3.8, 4) is 0 Å². The second-order valence-corrected chi connectivity index (χ2v) is 3.26. The van der Waals surface area contributed by atoms with Gasteiger partial charge in [0.1, 0.15) is 0 Å². The molecule has 0 saturated carbocycles. The first-order chi connectivity index (χ1) is 7.52. The number of rotatable bonds is 7. The van der Waals surface area contributed by atoms with Gasteiger partial charge in [-0.05, 0) is 19.4 Å². The van der Waals surface area contributed by atoms with Crippen LogP contribution in [0.25, 0.3) is 0 Å². The minimum Gasteiger partial charge on any atom is -0.501 e. The van der Waals surface area contributed by atoms with Gasteiger partial charge in [0.15, 0.2) is 0 Å². The van der Waals surface area contributed by atoms with Gasteiger partial charge in [0.05, 0.1) is 19.5 Å². The van der Waals surface area contributed by atoms with E-state index in [4.69, 9.17) is 14.6 Å². The molecule has 0 atom stereocenters. The minimum atomic E-state index is -1.18. The molecule has 0 radical (unpaired) electrons. The Labute approximate surface area is 94.4 Å². The zero-order valence-corrected chi connectivity index (χ0v) is 9.43. The van der Waals surface area contributed by atoms with Gasteiger partial charge in [-0.15, -0.1) is 0 Å². The molecule has 0 aromatic heterocycles. The van der Waals surface area contributed by atoms with Gasteiger partial charge in [0.25, 0.3) is 0 Å². The molecular formula is C11H16O5. The number of hydrogen-bond donors (Lipinski definition) is 1. The fraction of sp³-hybridized carbons (Fsp3) is 0.455. The maximum atomic E-state index is 10.9. The Morgan fingerprint density at radius 3 is 2.44 bits per heavy atom. The van der Waals surface area contributed by atoms with Crippen LogP contribution in [-0.2, 0) is 19.1 Å². The summed E-state index contributed by atoms with van der Waals surface area (Å²) in [7, 11) is 0. The van der Waals surface area contributed by atoms with Crippen LogP contribution in [0.15, 0.2) is 24.0 Å². The van der Waals surface area contributed by atoms with E-state index < -0.39 is 11.9 Å². The predicted molar refractivity (Wildman–Crippen MR) is 57.7 cm³/mol. The number of ether oxygens (including phenoxy) is 2. The molecule has 0 amide bonds. The first-order valence-corrected chi connectivity index (χ1v) is 4.85. The lowest BCUT2D eigenvalue weighted by Gasteiger charge is -2.02. The fourth-order valence-electron chi connectivity index (χ4n) is 0.728. The summed E-state index contributed by atoms with van der Waals surface area (Å²) in [5, 5.41) is 8.23. The third-order valence-corrected chi connectivity index (χ3v) is 1.33. The molecule has 0 aliphatic rings. The normalized spacial score (nSPS) is 9.88. The number of hydrogen-bond acceptors (Lipinski definition) is 4. The molecular weight excluding hydrogens is 212 g/mol. The average molecular weight is 228 g/mol. The Balaban J connectivity index is 3.49. The number of allylic oxidation sites excluding steroid dienone is 1. The van der Waals surface area contributed by atoms with Gasteiger partial charge in [-0.25, -0.2) is 9.59 Å². The second kappa shape index (κ2) is 8.52. The summed E-state index contributed by atoms with van der Waals surface area (Å²) in [4.78, 5) is 20.9. The van der Waals surface area contributed by atoms with Crippen LogP contribution in [0.5, 0.6) is 0 Å². The maximum Gasteiger partial charge on any atom is 0.331 e. The van der Waals surface area contributed by atoms with E-state index in [2.05, 4.69) is 0 Å². The molecule has 0 aromatic rings. The van der Waals surface area contributed by atoms with Crippen LogP contribution in [0, 0.1) is 0 Å². The molecule has 16 heavy (non-hydrogen) atoms. The monoisotopic (exact) mass is 228 g/mol. The standard InChI is InChI=1S/C11H16O5/c1-9(2)8-15-6-3-7-16-11(14)5-4-10(12)13/h4-5,8H,3,6-7H2,1-2H3,(H,12,13)/b5-4-. The Bertz CT molecular complexity index is 287. The van der Waals surface area contributed by atoms with E-state index >= 15 is 0 Å². The summed E-state index contributed by atoms with van der Waals surface area (Å²) in [5.41, 5.74) is 1.06. The molecule has 0 heterocycles. The molecule has 5 heteroatoms. The number of carboxylic acid groups (broad SMARTS) is 1. The van der Waals surface area contributed by atoms with E-state index in [-0.39, 0.29) is 6.61 Å². The van der Waals surface area contributed by atoms with Gasteiger partial charge in [-0.3, -0.25) is 0 Å². The molecule has 0 rings (SSSR count). The van der Waals surface area contributed by atoms with Crippen LogP contribution in [0.1, 0.15) is 20.3 Å². The molecule has 0 aliphatic heterocycles. The van der Waals surface area contributed by atoms with Crippen molar-refractivity contribution in [3.63, 3.8) is 0 Å². The highest BCUT2D eigenvalue weighted by molar-refractivity contribution is 5.90. The average Bonchev–Trinajstić information content (AvgIpc) is 2.19. The number of carbonyl (C=O) groups is 2. The first kappa shape index (κ1) is 14.2. The lowest BCUT2D eigenvalue weighted by Crippen LogP contribution is -2.05. The van der Waals surface area contributed by atoms with E-state index in [9.17, 15) is 9.59 Å². The lowest BCUT2D eigenvalue weighted by atomic mass is 10.4. The van der Waals surface area contributed by atoms with E-state index in [0.29, 0.717) is 13.0 Å². The van der Waals surface area contributed by atoms with Crippen molar-refractivity contribution in [1.29, 1.82) is 0 Å². The molecule has 1 N–H and O–H groups in total. The molecule has 90 valence electrons. The number of carbonyl (C=O) groups excluding carboxylic acids is 1. The molecule has 5 nitrogen and oxygen atoms in total. The van der Waals surface area contributed by atoms with Crippen molar-refractivity contribution >= 4 is 11.9 Å². The van der Waals surface area contributed by atoms with Crippen molar-refractivity contribution in [2.75, 3.05) is 13.2 Å². The van der Waals surface area contributed by atoms with Crippen LogP contribution in [0.3, 0.4) is 0 Å². The third-order valence-electron chi connectivity index (χ3n) is 1.33. The predicted octanol–water partition coefficient (Wildman–Crippen LogP) is 1.50. The zero-order valence-electron chi connectivity index (χ0n) is 9.43. The Hall–Kier alpha value is -1.78. The summed E-state index contributed by atoms with van der Waals surface area (Å²) in [6.07, 6.45) is 3.81. The van der Waals surface area contributed by atoms with Crippen molar-refractivity contribution in [2.45, 2.75) is 20.3 Å². The molecule has 0 fully saturated rings. The van der Waals surface area contributed by atoms with Crippen molar-refractivity contribution in [2.24, 2.45) is 0 Å².